The fraction of sp³-hybridized carbons (Fsp3) is 0.529. The number of hydrogen-bond donors (Lipinski definition) is 1. The van der Waals surface area contributed by atoms with Gasteiger partial charge in [0, 0.05) is 19.5 Å². The molecule has 0 unspecified atom stereocenters. The number of carboxylic acids is 1. The van der Waals surface area contributed by atoms with Gasteiger partial charge in [0.05, 0.1) is 5.56 Å². The monoisotopic (exact) mass is 289 g/mol. The molecule has 0 radical (unpaired) electrons. The summed E-state index contributed by atoms with van der Waals surface area (Å²) in [5, 5.41) is 9.22. The molecular weight excluding hydrogens is 266 g/mol. The number of hydrogen-bond acceptors (Lipinski definition) is 2. The molecule has 21 heavy (non-hydrogen) atoms. The molecule has 4 heteroatoms. The zero-order chi connectivity index (χ0) is 15.2. The lowest BCUT2D eigenvalue weighted by Crippen LogP contribution is -2.38. The number of likely N-dealkylation sites (tertiary alicyclic amines) is 1. The number of benzene rings is 1. The Bertz CT molecular complexity index is 505. The molecule has 0 saturated carbocycles. The Morgan fingerprint density at radius 2 is 1.90 bits per heavy atom. The second-order valence-electron chi connectivity index (χ2n) is 5.74. The highest BCUT2D eigenvalue weighted by molar-refractivity contribution is 5.89. The number of piperidine rings is 1. The van der Waals surface area contributed by atoms with Gasteiger partial charge in [-0.05, 0) is 43.2 Å². The van der Waals surface area contributed by atoms with Gasteiger partial charge >= 0.3 is 5.97 Å². The van der Waals surface area contributed by atoms with Crippen LogP contribution in [-0.4, -0.2) is 35.0 Å². The third-order valence-corrected chi connectivity index (χ3v) is 4.19. The number of nitrogens with zero attached hydrogens (tertiary/aromatic N) is 1. The van der Waals surface area contributed by atoms with Crippen LogP contribution in [0.25, 0.3) is 0 Å². The van der Waals surface area contributed by atoms with Crippen molar-refractivity contribution in [1.82, 2.24) is 4.90 Å². The summed E-state index contributed by atoms with van der Waals surface area (Å²) in [4.78, 5) is 25.0. The van der Waals surface area contributed by atoms with Crippen LogP contribution in [0.5, 0.6) is 0 Å². The molecule has 1 aromatic rings. The fourth-order valence-electron chi connectivity index (χ4n) is 2.98. The Morgan fingerprint density at radius 1 is 1.24 bits per heavy atom. The van der Waals surface area contributed by atoms with Crippen molar-refractivity contribution in [2.75, 3.05) is 13.1 Å². The molecule has 1 aliphatic rings. The molecule has 0 spiro atoms. The van der Waals surface area contributed by atoms with Gasteiger partial charge in [-0.15, -0.1) is 0 Å². The van der Waals surface area contributed by atoms with Gasteiger partial charge in [-0.3, -0.25) is 4.79 Å². The molecule has 1 N–H and O–H groups in total. The van der Waals surface area contributed by atoms with Crippen molar-refractivity contribution in [3.05, 3.63) is 35.4 Å². The van der Waals surface area contributed by atoms with Crippen molar-refractivity contribution in [1.29, 1.82) is 0 Å². The highest BCUT2D eigenvalue weighted by Gasteiger charge is 2.23. The number of carbonyl (C=O) groups is 2. The number of carboxylic acid groups (broad SMARTS) is 1. The van der Waals surface area contributed by atoms with Crippen LogP contribution in [-0.2, 0) is 11.2 Å². The second kappa shape index (κ2) is 7.25. The average molecular weight is 289 g/mol. The van der Waals surface area contributed by atoms with E-state index in [9.17, 15) is 14.7 Å². The van der Waals surface area contributed by atoms with Gasteiger partial charge < -0.3 is 10.0 Å². The van der Waals surface area contributed by atoms with Gasteiger partial charge in [-0.25, -0.2) is 4.79 Å². The van der Waals surface area contributed by atoms with E-state index in [0.29, 0.717) is 17.9 Å². The molecule has 0 aliphatic carbocycles. The Balaban J connectivity index is 1.92. The van der Waals surface area contributed by atoms with E-state index in [0.717, 1.165) is 44.3 Å². The highest BCUT2D eigenvalue weighted by Crippen LogP contribution is 2.24. The van der Waals surface area contributed by atoms with Crippen LogP contribution in [0.1, 0.15) is 48.5 Å². The summed E-state index contributed by atoms with van der Waals surface area (Å²) >= 11 is 0. The van der Waals surface area contributed by atoms with Gasteiger partial charge in [0.1, 0.15) is 0 Å². The number of carbonyl (C=O) groups excluding carboxylic acids is 1. The fourth-order valence-corrected chi connectivity index (χ4v) is 2.98. The van der Waals surface area contributed by atoms with Crippen molar-refractivity contribution in [3.63, 3.8) is 0 Å². The van der Waals surface area contributed by atoms with Crippen LogP contribution in [0.15, 0.2) is 24.3 Å². The summed E-state index contributed by atoms with van der Waals surface area (Å²) in [7, 11) is 0. The minimum atomic E-state index is -0.860. The van der Waals surface area contributed by atoms with Gasteiger partial charge in [-0.1, -0.05) is 25.1 Å². The molecule has 1 amide bonds. The average Bonchev–Trinajstić information content (AvgIpc) is 2.48. The molecule has 0 bridgehead atoms. The van der Waals surface area contributed by atoms with E-state index in [1.54, 1.807) is 12.1 Å². The zero-order valence-electron chi connectivity index (χ0n) is 12.5. The Morgan fingerprint density at radius 3 is 2.52 bits per heavy atom. The van der Waals surface area contributed by atoms with Gasteiger partial charge in [0.25, 0.3) is 0 Å². The summed E-state index contributed by atoms with van der Waals surface area (Å²) in [6.07, 6.45) is 4.24. The van der Waals surface area contributed by atoms with Crippen molar-refractivity contribution in [2.24, 2.45) is 5.92 Å². The molecule has 0 aromatic heterocycles. The van der Waals surface area contributed by atoms with Crippen LogP contribution >= 0.6 is 0 Å². The van der Waals surface area contributed by atoms with Crippen LogP contribution in [0, 0.1) is 5.92 Å². The highest BCUT2D eigenvalue weighted by atomic mass is 16.4. The summed E-state index contributed by atoms with van der Waals surface area (Å²) in [5.74, 6) is -0.140. The SMILES string of the molecule is CCCC(=O)N1CCC(Cc2ccccc2C(=O)O)CC1. The van der Waals surface area contributed by atoms with E-state index < -0.39 is 5.97 Å². The normalized spacial score (nSPS) is 16.0. The molecular formula is C17H23NO3. The number of amides is 1. The molecule has 1 aliphatic heterocycles. The van der Waals surface area contributed by atoms with Crippen molar-refractivity contribution in [3.8, 4) is 0 Å². The van der Waals surface area contributed by atoms with E-state index in [1.165, 1.54) is 0 Å². The first kappa shape index (κ1) is 15.5. The Kier molecular flexibility index (Phi) is 5.37. The largest absolute Gasteiger partial charge is 0.478 e. The summed E-state index contributed by atoms with van der Waals surface area (Å²) in [6.45, 7) is 3.63. The molecule has 1 saturated heterocycles. The first-order chi connectivity index (χ1) is 10.1. The predicted molar refractivity (Wildman–Crippen MR) is 81.3 cm³/mol. The van der Waals surface area contributed by atoms with Crippen molar-refractivity contribution in [2.45, 2.75) is 39.0 Å². The summed E-state index contributed by atoms with van der Waals surface area (Å²) < 4.78 is 0. The molecule has 1 aromatic carbocycles. The lowest BCUT2D eigenvalue weighted by Gasteiger charge is -2.32. The van der Waals surface area contributed by atoms with Gasteiger partial charge in [0.2, 0.25) is 5.91 Å². The van der Waals surface area contributed by atoms with Crippen molar-refractivity contribution >= 4 is 11.9 Å². The van der Waals surface area contributed by atoms with Crippen LogP contribution < -0.4 is 0 Å². The Labute approximate surface area is 125 Å². The van der Waals surface area contributed by atoms with Gasteiger partial charge in [0.15, 0.2) is 0 Å². The quantitative estimate of drug-likeness (QED) is 0.906. The molecule has 1 fully saturated rings. The summed E-state index contributed by atoms with van der Waals surface area (Å²) in [6, 6.07) is 7.22. The lowest BCUT2D eigenvalue weighted by molar-refractivity contribution is -0.132. The van der Waals surface area contributed by atoms with E-state index >= 15 is 0 Å². The maximum atomic E-state index is 11.9. The maximum Gasteiger partial charge on any atom is 0.335 e. The first-order valence-electron chi connectivity index (χ1n) is 7.70. The lowest BCUT2D eigenvalue weighted by atomic mass is 9.88. The predicted octanol–water partition coefficient (Wildman–Crippen LogP) is 2.97. The van der Waals surface area contributed by atoms with Gasteiger partial charge in [-0.2, -0.15) is 0 Å². The minimum absolute atomic E-state index is 0.252. The smallest absolute Gasteiger partial charge is 0.335 e. The zero-order valence-corrected chi connectivity index (χ0v) is 12.5. The van der Waals surface area contributed by atoms with Crippen LogP contribution in [0.3, 0.4) is 0 Å². The number of aromatic carboxylic acids is 1. The van der Waals surface area contributed by atoms with Crippen LogP contribution in [0.4, 0.5) is 0 Å². The topological polar surface area (TPSA) is 57.6 Å². The molecule has 4 nitrogen and oxygen atoms in total. The second-order valence-corrected chi connectivity index (χ2v) is 5.74. The minimum Gasteiger partial charge on any atom is -0.478 e. The van der Waals surface area contributed by atoms with E-state index in [4.69, 9.17) is 0 Å². The standard InChI is InChI=1S/C17H23NO3/c1-2-5-16(19)18-10-8-13(9-11-18)12-14-6-3-4-7-15(14)17(20)21/h3-4,6-7,13H,2,5,8-12H2,1H3,(H,20,21). The molecule has 2 rings (SSSR count). The van der Waals surface area contributed by atoms with E-state index in [-0.39, 0.29) is 5.91 Å². The molecule has 114 valence electrons. The maximum absolute atomic E-state index is 11.9. The third-order valence-electron chi connectivity index (χ3n) is 4.19. The summed E-state index contributed by atoms with van der Waals surface area (Å²) in [5.41, 5.74) is 1.31. The molecule has 0 atom stereocenters. The van der Waals surface area contributed by atoms with Crippen molar-refractivity contribution < 1.29 is 14.7 Å². The Hall–Kier alpha value is -1.84. The first-order valence-corrected chi connectivity index (χ1v) is 7.70. The van der Waals surface area contributed by atoms with E-state index in [1.807, 2.05) is 24.0 Å². The number of rotatable bonds is 5. The van der Waals surface area contributed by atoms with Crippen LogP contribution in [0.2, 0.25) is 0 Å². The van der Waals surface area contributed by atoms with E-state index in [2.05, 4.69) is 0 Å². The third kappa shape index (κ3) is 4.06. The molecule has 1 heterocycles.